The molecule has 19 heavy (non-hydrogen) atoms. The molecule has 0 heterocycles. The molecule has 0 aromatic rings. The fourth-order valence-electron chi connectivity index (χ4n) is 2.16. The second-order valence-corrected chi connectivity index (χ2v) is 8.31. The van der Waals surface area contributed by atoms with Crippen molar-refractivity contribution in [3.05, 3.63) is 0 Å². The first-order valence-electron chi connectivity index (χ1n) is 6.76. The maximum atomic E-state index is 12.6. The predicted octanol–water partition coefficient (Wildman–Crippen LogP) is 3.16. The van der Waals surface area contributed by atoms with Crippen molar-refractivity contribution in [3.8, 4) is 0 Å². The maximum absolute atomic E-state index is 12.6. The zero-order valence-corrected chi connectivity index (χ0v) is 13.7. The quantitative estimate of drug-likeness (QED) is 0.697. The second kappa shape index (κ2) is 5.82. The van der Waals surface area contributed by atoms with Gasteiger partial charge in [0, 0.05) is 0 Å². The van der Waals surface area contributed by atoms with Crippen LogP contribution in [0.15, 0.2) is 0 Å². The van der Waals surface area contributed by atoms with Crippen molar-refractivity contribution in [1.29, 1.82) is 0 Å². The summed E-state index contributed by atoms with van der Waals surface area (Å²) in [6, 6.07) is 0. The molecular formula is C13H27O5P. The number of aliphatic hydroxyl groups is 1. The molecule has 0 aromatic heterocycles. The second-order valence-electron chi connectivity index (χ2n) is 6.41. The molecule has 0 bridgehead atoms. The van der Waals surface area contributed by atoms with E-state index in [9.17, 15) is 9.67 Å². The Morgan fingerprint density at radius 2 is 1.58 bits per heavy atom. The normalized spacial score (nSPS) is 26.2. The van der Waals surface area contributed by atoms with Crippen LogP contribution in [0.25, 0.3) is 0 Å². The lowest BCUT2D eigenvalue weighted by Crippen LogP contribution is -2.27. The van der Waals surface area contributed by atoms with Crippen LogP contribution >= 0.6 is 7.60 Å². The van der Waals surface area contributed by atoms with Crippen molar-refractivity contribution in [3.63, 3.8) is 0 Å². The summed E-state index contributed by atoms with van der Waals surface area (Å²) in [5, 5.41) is 9.46. The minimum atomic E-state index is -3.29. The Labute approximate surface area is 116 Å². The third-order valence-electron chi connectivity index (χ3n) is 3.33. The van der Waals surface area contributed by atoms with Crippen molar-refractivity contribution in [2.45, 2.75) is 65.8 Å². The van der Waals surface area contributed by atoms with Gasteiger partial charge in [-0.3, -0.25) is 4.57 Å². The lowest BCUT2D eigenvalue weighted by molar-refractivity contribution is -0.0206. The Morgan fingerprint density at radius 1 is 1.16 bits per heavy atom. The summed E-state index contributed by atoms with van der Waals surface area (Å²) in [7, 11) is -3.29. The van der Waals surface area contributed by atoms with Crippen LogP contribution in [0.3, 0.4) is 0 Å². The Morgan fingerprint density at radius 3 is 1.84 bits per heavy atom. The van der Waals surface area contributed by atoms with E-state index in [1.54, 1.807) is 27.7 Å². The fraction of sp³-hybridized carbons (Fsp3) is 1.00. The molecule has 1 atom stereocenters. The van der Waals surface area contributed by atoms with Crippen molar-refractivity contribution < 1.29 is 23.5 Å². The molecule has 1 aliphatic rings. The number of ether oxygens (including phenoxy) is 1. The first kappa shape index (κ1) is 17.1. The zero-order valence-electron chi connectivity index (χ0n) is 12.8. The molecular weight excluding hydrogens is 267 g/mol. The lowest BCUT2D eigenvalue weighted by atomic mass is 10.1. The largest absolute Gasteiger partial charge is 0.393 e. The van der Waals surface area contributed by atoms with E-state index in [1.807, 2.05) is 13.8 Å². The molecule has 1 aliphatic carbocycles. The molecule has 0 aliphatic heterocycles. The summed E-state index contributed by atoms with van der Waals surface area (Å²) in [6.45, 7) is 11.2. The standard InChI is InChI=1S/C13H27O5P/c1-10(2)17-19(15,18-11(3)4)9-16-13(8-14)7-12(13,5)6/h10-11,14H,7-9H2,1-6H3. The SMILES string of the molecule is CC(C)OP(=O)(COC1(CO)CC1(C)C)OC(C)C. The van der Waals surface area contributed by atoms with Gasteiger partial charge in [0.15, 0.2) is 0 Å². The van der Waals surface area contributed by atoms with Crippen molar-refractivity contribution in [2.75, 3.05) is 13.0 Å². The maximum Gasteiger partial charge on any atom is 0.356 e. The smallest absolute Gasteiger partial charge is 0.356 e. The Kier molecular flexibility index (Phi) is 5.25. The molecule has 0 saturated heterocycles. The molecule has 1 saturated carbocycles. The average Bonchev–Trinajstić information content (AvgIpc) is 2.76. The van der Waals surface area contributed by atoms with Gasteiger partial charge in [0.1, 0.15) is 6.35 Å². The molecule has 0 amide bonds. The van der Waals surface area contributed by atoms with Crippen LogP contribution < -0.4 is 0 Å². The van der Waals surface area contributed by atoms with E-state index in [4.69, 9.17) is 13.8 Å². The van der Waals surface area contributed by atoms with Crippen LogP contribution in [-0.4, -0.2) is 35.9 Å². The van der Waals surface area contributed by atoms with Crippen molar-refractivity contribution in [1.82, 2.24) is 0 Å². The highest BCUT2D eigenvalue weighted by atomic mass is 31.2. The van der Waals surface area contributed by atoms with E-state index in [0.29, 0.717) is 0 Å². The van der Waals surface area contributed by atoms with Crippen LogP contribution in [-0.2, 0) is 18.3 Å². The molecule has 6 heteroatoms. The fourth-order valence-corrected chi connectivity index (χ4v) is 4.02. The van der Waals surface area contributed by atoms with Gasteiger partial charge in [-0.25, -0.2) is 0 Å². The molecule has 0 radical (unpaired) electrons. The van der Waals surface area contributed by atoms with Crippen LogP contribution in [0, 0.1) is 5.41 Å². The van der Waals surface area contributed by atoms with Crippen LogP contribution in [0.5, 0.6) is 0 Å². The first-order valence-corrected chi connectivity index (χ1v) is 8.49. The highest BCUT2D eigenvalue weighted by molar-refractivity contribution is 7.53. The van der Waals surface area contributed by atoms with E-state index in [2.05, 4.69) is 0 Å². The minimum Gasteiger partial charge on any atom is -0.393 e. The summed E-state index contributed by atoms with van der Waals surface area (Å²) in [5.41, 5.74) is -0.703. The molecule has 1 unspecified atom stereocenters. The third-order valence-corrected chi connectivity index (χ3v) is 5.26. The zero-order chi connectivity index (χ0) is 14.9. The van der Waals surface area contributed by atoms with Gasteiger partial charge in [0.2, 0.25) is 0 Å². The highest BCUT2D eigenvalue weighted by Gasteiger charge is 2.63. The van der Waals surface area contributed by atoms with Crippen LogP contribution in [0.1, 0.15) is 48.0 Å². The van der Waals surface area contributed by atoms with Gasteiger partial charge in [0.25, 0.3) is 0 Å². The van der Waals surface area contributed by atoms with Gasteiger partial charge >= 0.3 is 7.60 Å². The average molecular weight is 294 g/mol. The predicted molar refractivity (Wildman–Crippen MR) is 74.2 cm³/mol. The number of hydrogen-bond donors (Lipinski definition) is 1. The van der Waals surface area contributed by atoms with E-state index in [0.717, 1.165) is 6.42 Å². The van der Waals surface area contributed by atoms with Gasteiger partial charge in [-0.05, 0) is 39.5 Å². The molecule has 0 aromatic carbocycles. The minimum absolute atomic E-state index is 0.0800. The molecule has 1 rings (SSSR count). The van der Waals surface area contributed by atoms with E-state index >= 15 is 0 Å². The van der Waals surface area contributed by atoms with Gasteiger partial charge in [-0.2, -0.15) is 0 Å². The van der Waals surface area contributed by atoms with E-state index in [-0.39, 0.29) is 30.6 Å². The molecule has 114 valence electrons. The molecule has 5 nitrogen and oxygen atoms in total. The summed E-state index contributed by atoms with van der Waals surface area (Å²) < 4.78 is 29.1. The monoisotopic (exact) mass is 294 g/mol. The Hall–Kier alpha value is 0.0700. The Bertz CT molecular complexity index is 339. The van der Waals surface area contributed by atoms with Gasteiger partial charge < -0.3 is 18.9 Å². The van der Waals surface area contributed by atoms with E-state index < -0.39 is 13.2 Å². The molecule has 0 spiro atoms. The van der Waals surface area contributed by atoms with Gasteiger partial charge in [-0.1, -0.05) is 13.8 Å². The van der Waals surface area contributed by atoms with Crippen LogP contribution in [0.4, 0.5) is 0 Å². The molecule has 1 fully saturated rings. The van der Waals surface area contributed by atoms with Crippen molar-refractivity contribution in [2.24, 2.45) is 5.41 Å². The lowest BCUT2D eigenvalue weighted by Gasteiger charge is -2.26. The highest BCUT2D eigenvalue weighted by Crippen LogP contribution is 2.61. The molecule has 1 N–H and O–H groups in total. The summed E-state index contributed by atoms with van der Waals surface area (Å²) >= 11 is 0. The van der Waals surface area contributed by atoms with E-state index in [1.165, 1.54) is 0 Å². The Balaban J connectivity index is 2.66. The third kappa shape index (κ3) is 4.27. The summed E-state index contributed by atoms with van der Waals surface area (Å²) in [5.74, 6) is 0. The van der Waals surface area contributed by atoms with Gasteiger partial charge in [0.05, 0.1) is 24.4 Å². The van der Waals surface area contributed by atoms with Crippen molar-refractivity contribution >= 4 is 7.60 Å². The first-order chi connectivity index (χ1) is 8.56. The number of hydrogen-bond acceptors (Lipinski definition) is 5. The number of rotatable bonds is 8. The summed E-state index contributed by atoms with van der Waals surface area (Å²) in [4.78, 5) is 0. The van der Waals surface area contributed by atoms with Gasteiger partial charge in [-0.15, -0.1) is 0 Å². The number of aliphatic hydroxyl groups excluding tert-OH is 1. The summed E-state index contributed by atoms with van der Waals surface area (Å²) in [6.07, 6.45) is 0.226. The topological polar surface area (TPSA) is 65.0 Å². The van der Waals surface area contributed by atoms with Crippen LogP contribution in [0.2, 0.25) is 0 Å².